The molecule has 1 aliphatic heterocycles. The summed E-state index contributed by atoms with van der Waals surface area (Å²) in [5.41, 5.74) is 0.468. The summed E-state index contributed by atoms with van der Waals surface area (Å²) in [6.45, 7) is 2.13. The highest BCUT2D eigenvalue weighted by molar-refractivity contribution is 9.10. The van der Waals surface area contributed by atoms with Gasteiger partial charge < -0.3 is 5.11 Å². The van der Waals surface area contributed by atoms with E-state index >= 15 is 0 Å². The van der Waals surface area contributed by atoms with Gasteiger partial charge in [-0.05, 0) is 52.4 Å². The number of nitrogens with zero attached hydrogens (tertiary/aromatic N) is 1. The van der Waals surface area contributed by atoms with E-state index in [0.29, 0.717) is 17.6 Å². The van der Waals surface area contributed by atoms with Crippen molar-refractivity contribution in [2.75, 3.05) is 13.1 Å². The highest BCUT2D eigenvalue weighted by atomic mass is 79.9. The second-order valence-electron chi connectivity index (χ2n) is 5.97. The van der Waals surface area contributed by atoms with Gasteiger partial charge in [0, 0.05) is 19.6 Å². The molecule has 1 saturated carbocycles. The number of benzene rings is 1. The second-order valence-corrected chi connectivity index (χ2v) is 6.82. The van der Waals surface area contributed by atoms with Crippen LogP contribution in [0.5, 0.6) is 0 Å². The van der Waals surface area contributed by atoms with Crippen LogP contribution in [0, 0.1) is 17.2 Å². The molecular formula is C15H17BrFNO2. The number of carboxylic acid groups (broad SMARTS) is 1. The van der Waals surface area contributed by atoms with Crippen LogP contribution < -0.4 is 0 Å². The molecule has 1 saturated heterocycles. The van der Waals surface area contributed by atoms with Crippen molar-refractivity contribution in [1.29, 1.82) is 0 Å². The van der Waals surface area contributed by atoms with Gasteiger partial charge in [-0.25, -0.2) is 4.39 Å². The highest BCUT2D eigenvalue weighted by Gasteiger charge is 2.54. The maximum absolute atomic E-state index is 13.2. The largest absolute Gasteiger partial charge is 0.481 e. The van der Waals surface area contributed by atoms with Gasteiger partial charge in [0.15, 0.2) is 0 Å². The van der Waals surface area contributed by atoms with Crippen LogP contribution in [-0.2, 0) is 11.3 Å². The Balaban J connectivity index is 1.74. The third-order valence-corrected chi connectivity index (χ3v) is 5.37. The summed E-state index contributed by atoms with van der Waals surface area (Å²) in [6.07, 6.45) is 2.82. The van der Waals surface area contributed by atoms with E-state index in [1.807, 2.05) is 0 Å². The molecule has 1 heterocycles. The highest BCUT2D eigenvalue weighted by Crippen LogP contribution is 2.49. The number of aliphatic carboxylic acids is 1. The van der Waals surface area contributed by atoms with E-state index in [-0.39, 0.29) is 11.7 Å². The Morgan fingerprint density at radius 1 is 1.55 bits per heavy atom. The predicted octanol–water partition coefficient (Wildman–Crippen LogP) is 3.27. The molecule has 2 aliphatic rings. The van der Waals surface area contributed by atoms with Crippen LogP contribution in [0.25, 0.3) is 0 Å². The van der Waals surface area contributed by atoms with Crippen molar-refractivity contribution in [2.24, 2.45) is 11.3 Å². The topological polar surface area (TPSA) is 40.5 Å². The van der Waals surface area contributed by atoms with E-state index in [1.165, 1.54) is 6.07 Å². The number of hydrogen-bond donors (Lipinski definition) is 1. The van der Waals surface area contributed by atoms with Gasteiger partial charge in [-0.3, -0.25) is 9.69 Å². The number of halogens is 2. The first-order chi connectivity index (χ1) is 9.51. The molecule has 0 aromatic heterocycles. The van der Waals surface area contributed by atoms with E-state index in [1.54, 1.807) is 12.1 Å². The molecular weight excluding hydrogens is 325 g/mol. The maximum atomic E-state index is 13.2. The summed E-state index contributed by atoms with van der Waals surface area (Å²) in [7, 11) is 0. The average molecular weight is 342 g/mol. The lowest BCUT2D eigenvalue weighted by atomic mass is 9.81. The van der Waals surface area contributed by atoms with E-state index in [4.69, 9.17) is 0 Å². The van der Waals surface area contributed by atoms with Gasteiger partial charge in [0.2, 0.25) is 0 Å². The monoisotopic (exact) mass is 341 g/mol. The Morgan fingerprint density at radius 3 is 3.00 bits per heavy atom. The zero-order chi connectivity index (χ0) is 14.3. The van der Waals surface area contributed by atoms with Gasteiger partial charge in [-0.1, -0.05) is 12.5 Å². The van der Waals surface area contributed by atoms with Crippen molar-refractivity contribution in [2.45, 2.75) is 25.8 Å². The maximum Gasteiger partial charge on any atom is 0.311 e. The molecule has 1 aromatic carbocycles. The lowest BCUT2D eigenvalue weighted by Crippen LogP contribution is -2.35. The summed E-state index contributed by atoms with van der Waals surface area (Å²) in [6, 6.07) is 4.99. The standard InChI is InChI=1S/C15H17BrFNO2/c16-12-6-10(3-4-13(12)17)7-18-8-11-2-1-5-15(11,9-18)14(19)20/h3-4,6,11H,1-2,5,7-9H2,(H,19,20)/t11-,15+/m0/s1. The Labute approximate surface area is 125 Å². The summed E-state index contributed by atoms with van der Waals surface area (Å²) in [5.74, 6) is -0.652. The first-order valence-electron chi connectivity index (χ1n) is 6.91. The molecule has 0 amide bonds. The molecule has 1 aliphatic carbocycles. The molecule has 108 valence electrons. The Morgan fingerprint density at radius 2 is 2.35 bits per heavy atom. The normalized spacial score (nSPS) is 29.6. The van der Waals surface area contributed by atoms with Gasteiger partial charge in [-0.2, -0.15) is 0 Å². The van der Waals surface area contributed by atoms with Gasteiger partial charge in [-0.15, -0.1) is 0 Å². The van der Waals surface area contributed by atoms with E-state index < -0.39 is 11.4 Å². The fourth-order valence-electron chi connectivity index (χ4n) is 3.76. The summed E-state index contributed by atoms with van der Waals surface area (Å²) >= 11 is 3.19. The quantitative estimate of drug-likeness (QED) is 0.917. The SMILES string of the molecule is O=C(O)[C@@]12CCC[C@H]1CN(Cc1ccc(F)c(Br)c1)C2. The van der Waals surface area contributed by atoms with E-state index in [9.17, 15) is 14.3 Å². The van der Waals surface area contributed by atoms with E-state index in [0.717, 1.165) is 31.4 Å². The predicted molar refractivity (Wildman–Crippen MR) is 76.8 cm³/mol. The van der Waals surface area contributed by atoms with Crippen molar-refractivity contribution >= 4 is 21.9 Å². The summed E-state index contributed by atoms with van der Waals surface area (Å²) in [4.78, 5) is 13.8. The number of carboxylic acids is 1. The van der Waals surface area contributed by atoms with Crippen molar-refractivity contribution < 1.29 is 14.3 Å². The van der Waals surface area contributed by atoms with Crippen LogP contribution in [-0.4, -0.2) is 29.1 Å². The van der Waals surface area contributed by atoms with E-state index in [2.05, 4.69) is 20.8 Å². The Kier molecular flexibility index (Phi) is 3.58. The van der Waals surface area contributed by atoms with Crippen LogP contribution >= 0.6 is 15.9 Å². The fourth-order valence-corrected chi connectivity index (χ4v) is 4.19. The number of rotatable bonds is 3. The van der Waals surface area contributed by atoms with Crippen molar-refractivity contribution in [1.82, 2.24) is 4.90 Å². The van der Waals surface area contributed by atoms with Crippen LogP contribution in [0.1, 0.15) is 24.8 Å². The number of hydrogen-bond acceptors (Lipinski definition) is 2. The second kappa shape index (κ2) is 5.11. The van der Waals surface area contributed by atoms with Gasteiger partial charge in [0.05, 0.1) is 9.89 Å². The minimum atomic E-state index is -0.650. The van der Waals surface area contributed by atoms with Crippen LogP contribution in [0.15, 0.2) is 22.7 Å². The van der Waals surface area contributed by atoms with Crippen LogP contribution in [0.4, 0.5) is 4.39 Å². The third kappa shape index (κ3) is 2.27. The van der Waals surface area contributed by atoms with Crippen molar-refractivity contribution in [3.05, 3.63) is 34.1 Å². The smallest absolute Gasteiger partial charge is 0.311 e. The molecule has 0 bridgehead atoms. The van der Waals surface area contributed by atoms with Crippen LogP contribution in [0.3, 0.4) is 0 Å². The first kappa shape index (κ1) is 14.0. The first-order valence-corrected chi connectivity index (χ1v) is 7.70. The average Bonchev–Trinajstić information content (AvgIpc) is 2.91. The Bertz CT molecular complexity index is 551. The summed E-state index contributed by atoms with van der Waals surface area (Å²) < 4.78 is 13.7. The molecule has 0 unspecified atom stereocenters. The molecule has 5 heteroatoms. The third-order valence-electron chi connectivity index (χ3n) is 4.76. The molecule has 0 spiro atoms. The molecule has 3 nitrogen and oxygen atoms in total. The zero-order valence-corrected chi connectivity index (χ0v) is 12.7. The minimum absolute atomic E-state index is 0.267. The lowest BCUT2D eigenvalue weighted by Gasteiger charge is -2.23. The lowest BCUT2D eigenvalue weighted by molar-refractivity contribution is -0.149. The van der Waals surface area contributed by atoms with Gasteiger partial charge >= 0.3 is 5.97 Å². The van der Waals surface area contributed by atoms with Crippen molar-refractivity contribution in [3.8, 4) is 0 Å². The molecule has 3 rings (SSSR count). The zero-order valence-electron chi connectivity index (χ0n) is 11.1. The number of fused-ring (bicyclic) bond motifs is 1. The molecule has 2 atom stereocenters. The Hall–Kier alpha value is -0.940. The fraction of sp³-hybridized carbons (Fsp3) is 0.533. The number of carbonyl (C=O) groups is 1. The van der Waals surface area contributed by atoms with Crippen LogP contribution in [0.2, 0.25) is 0 Å². The van der Waals surface area contributed by atoms with Crippen molar-refractivity contribution in [3.63, 3.8) is 0 Å². The molecule has 0 radical (unpaired) electrons. The summed E-state index contributed by atoms with van der Waals surface area (Å²) in [5, 5.41) is 9.55. The molecule has 20 heavy (non-hydrogen) atoms. The van der Waals surface area contributed by atoms with Gasteiger partial charge in [0.1, 0.15) is 5.82 Å². The molecule has 1 N–H and O–H groups in total. The number of likely N-dealkylation sites (tertiary alicyclic amines) is 1. The van der Waals surface area contributed by atoms with Gasteiger partial charge in [0.25, 0.3) is 0 Å². The minimum Gasteiger partial charge on any atom is -0.481 e. The molecule has 2 fully saturated rings. The molecule has 1 aromatic rings.